The van der Waals surface area contributed by atoms with Crippen molar-refractivity contribution in [3.63, 3.8) is 0 Å². The molecule has 5 fully saturated rings. The summed E-state index contributed by atoms with van der Waals surface area (Å²) < 4.78 is 10.5. The average molecular weight is 1590 g/mol. The van der Waals surface area contributed by atoms with E-state index in [0.717, 1.165) is 190 Å². The van der Waals surface area contributed by atoms with Gasteiger partial charge in [0.15, 0.2) is 0 Å². The predicted octanol–water partition coefficient (Wildman–Crippen LogP) is 16.6. The maximum absolute atomic E-state index is 12.9. The van der Waals surface area contributed by atoms with Crippen molar-refractivity contribution in [3.05, 3.63) is 251 Å². The molecule has 0 bridgehead atoms. The van der Waals surface area contributed by atoms with Crippen LogP contribution in [0.4, 0.5) is 0 Å². The van der Waals surface area contributed by atoms with Crippen LogP contribution in [0.15, 0.2) is 184 Å². The van der Waals surface area contributed by atoms with Crippen molar-refractivity contribution >= 4 is 29.5 Å². The number of benzene rings is 2. The van der Waals surface area contributed by atoms with Gasteiger partial charge in [0.1, 0.15) is 5.69 Å². The molecule has 0 N–H and O–H groups in total. The molecular weight excluding hydrogens is 1460 g/mol. The van der Waals surface area contributed by atoms with Crippen LogP contribution in [0.3, 0.4) is 0 Å². The number of pyridine rings is 3. The minimum atomic E-state index is 0.0324. The summed E-state index contributed by atoms with van der Waals surface area (Å²) >= 11 is 0. The Labute approximate surface area is 693 Å². The second kappa shape index (κ2) is 42.9. The third-order valence-electron chi connectivity index (χ3n) is 22.6. The number of rotatable bonds is 20. The van der Waals surface area contributed by atoms with Crippen LogP contribution < -0.4 is 0 Å². The lowest BCUT2D eigenvalue weighted by atomic mass is 9.99. The highest BCUT2D eigenvalue weighted by Gasteiger charge is 2.32. The van der Waals surface area contributed by atoms with E-state index >= 15 is 0 Å². The van der Waals surface area contributed by atoms with Crippen LogP contribution >= 0.6 is 0 Å². The van der Waals surface area contributed by atoms with Gasteiger partial charge >= 0.3 is 0 Å². The topological polar surface area (TPSA) is 229 Å². The van der Waals surface area contributed by atoms with Crippen molar-refractivity contribution in [2.75, 3.05) is 65.4 Å². The number of aromatic nitrogens is 13. The first-order valence-corrected chi connectivity index (χ1v) is 42.9. The SMILES string of the molecule is CC(C)Cc1cnn(C2CCN(C(=O)c3ccccc3)CC2)c1.CC(C)Cc1cnn(C2CCN(C(=O)c3ccccn3)CC2)c1.CC(C)Cc1cnn(C2CCN(C(=O)c3cccnc3)CC2)c1.CC(C)Cc1cnn(C2CCN(C(=O)c3ccncc3)CC2)c1.Cc1cccc(C)c1C(=O)N1CCC(n2cc(CC(C)C)cn2)CC1. The smallest absolute Gasteiger partial charge is 0.272 e. The Morgan fingerprint density at radius 3 is 0.906 bits per heavy atom. The first-order chi connectivity index (χ1) is 56.5. The van der Waals surface area contributed by atoms with Crippen LogP contribution in [0.2, 0.25) is 0 Å². The molecule has 5 aliphatic rings. The lowest BCUT2D eigenvalue weighted by Crippen LogP contribution is -2.39. The van der Waals surface area contributed by atoms with Crippen LogP contribution in [-0.2, 0) is 32.1 Å². The molecule has 0 saturated carbocycles. The van der Waals surface area contributed by atoms with E-state index in [2.05, 4.69) is 164 Å². The number of nitrogens with zero attached hydrogens (tertiary/aromatic N) is 18. The molecule has 0 atom stereocenters. The molecule has 2 aromatic carbocycles. The van der Waals surface area contributed by atoms with Gasteiger partial charge < -0.3 is 24.5 Å². The molecule has 0 radical (unpaired) electrons. The summed E-state index contributed by atoms with van der Waals surface area (Å²) in [7, 11) is 0. The Morgan fingerprint density at radius 2 is 0.598 bits per heavy atom. The molecule has 5 aliphatic heterocycles. The van der Waals surface area contributed by atoms with E-state index in [1.54, 1.807) is 55.2 Å². The van der Waals surface area contributed by atoms with E-state index < -0.39 is 0 Å². The molecular formula is C94H126N18O5. The van der Waals surface area contributed by atoms with Crippen LogP contribution in [0, 0.1) is 43.4 Å². The first kappa shape index (κ1) is 87.1. The summed E-state index contributed by atoms with van der Waals surface area (Å²) in [5, 5.41) is 22.7. The molecule has 23 nitrogen and oxygen atoms in total. The second-order valence-corrected chi connectivity index (χ2v) is 34.6. The molecule has 5 saturated heterocycles. The standard InChI is InChI=1S/C21H29N3O.C19H25N3O.3C18H24N4O/c1-15(2)12-18-13-22-24(14-18)19-8-10-23(11-9-19)21(25)20-16(3)6-5-7-17(20)4;1-15(2)12-16-13-20-22(14-16)18-8-10-21(11-9-18)19(23)17-6-4-3-5-7-17;1-14(2)11-15-12-20-22(13-15)17-5-9-21(10-6-17)18(23)16-3-7-19-8-4-16;1-14(2)10-15-11-20-22(13-15)17-5-8-21(9-6-17)18(23)16-4-3-7-19-12-16;1-14(2)11-15-12-20-22(13-15)16-6-9-21(10-7-16)18(23)17-5-3-4-8-19-17/h5-7,13-15,19H,8-12H2,1-4H3;3-7,13-15,18H,8-12H2,1-2H3;3-4,7-8,12-14,17H,5-6,9-11H2,1-2H3;3-4,7,11-14,17H,5-6,8-10H2,1-2H3;3-5,8,12-14,16H,6-7,9-11H2,1-2H3. The summed E-state index contributed by atoms with van der Waals surface area (Å²) in [4.78, 5) is 84.5. The zero-order chi connectivity index (χ0) is 82.9. The fourth-order valence-electron chi connectivity index (χ4n) is 16.5. The molecule has 117 heavy (non-hydrogen) atoms. The van der Waals surface area contributed by atoms with Crippen molar-refractivity contribution in [2.24, 2.45) is 29.6 Å². The Hall–Kier alpha value is -10.7. The molecule has 10 aromatic rings. The number of carbonyl (C=O) groups is 5. The molecule has 0 aliphatic carbocycles. The van der Waals surface area contributed by atoms with Crippen LogP contribution in [0.5, 0.6) is 0 Å². The Bertz CT molecular complexity index is 4190. The van der Waals surface area contributed by atoms with Crippen molar-refractivity contribution < 1.29 is 24.0 Å². The lowest BCUT2D eigenvalue weighted by molar-refractivity contribution is 0.0677. The zero-order valence-corrected chi connectivity index (χ0v) is 71.4. The first-order valence-electron chi connectivity index (χ1n) is 42.9. The Balaban J connectivity index is 0.000000144. The molecule has 5 amide bonds. The Kier molecular flexibility index (Phi) is 32.0. The number of piperidine rings is 5. The highest BCUT2D eigenvalue weighted by atomic mass is 16.2. The highest BCUT2D eigenvalue weighted by Crippen LogP contribution is 2.31. The minimum absolute atomic E-state index is 0.0324. The van der Waals surface area contributed by atoms with Gasteiger partial charge in [-0.05, 0) is 227 Å². The molecule has 23 heteroatoms. The van der Waals surface area contributed by atoms with Gasteiger partial charge in [-0.1, -0.05) is 112 Å². The van der Waals surface area contributed by atoms with Gasteiger partial charge in [0, 0.05) is 144 Å². The van der Waals surface area contributed by atoms with Gasteiger partial charge in [-0.15, -0.1) is 0 Å². The third-order valence-corrected chi connectivity index (χ3v) is 22.6. The number of likely N-dealkylation sites (tertiary alicyclic amines) is 5. The maximum atomic E-state index is 12.9. The number of hydrogen-bond donors (Lipinski definition) is 0. The fourth-order valence-corrected chi connectivity index (χ4v) is 16.5. The maximum Gasteiger partial charge on any atom is 0.272 e. The van der Waals surface area contributed by atoms with Crippen molar-refractivity contribution in [1.29, 1.82) is 0 Å². The number of carbonyl (C=O) groups excluding carboxylic acids is 5. The third kappa shape index (κ3) is 25.4. The van der Waals surface area contributed by atoms with E-state index in [9.17, 15) is 24.0 Å². The summed E-state index contributed by atoms with van der Waals surface area (Å²) in [6, 6.07) is 30.3. The van der Waals surface area contributed by atoms with Crippen LogP contribution in [-0.4, -0.2) is 183 Å². The van der Waals surface area contributed by atoms with E-state index in [1.807, 2.05) is 136 Å². The average Bonchev–Trinajstić information content (AvgIpc) is 1.82. The van der Waals surface area contributed by atoms with Gasteiger partial charge in [-0.25, -0.2) is 0 Å². The van der Waals surface area contributed by atoms with Crippen molar-refractivity contribution in [1.82, 2.24) is 88.4 Å². The summed E-state index contributed by atoms with van der Waals surface area (Å²) in [6.07, 6.45) is 44.1. The van der Waals surface area contributed by atoms with Gasteiger partial charge in [0.05, 0.1) is 66.8 Å². The molecule has 8 aromatic heterocycles. The molecule has 15 rings (SSSR count). The van der Waals surface area contributed by atoms with Crippen LogP contribution in [0.1, 0.15) is 255 Å². The largest absolute Gasteiger partial charge is 0.338 e. The summed E-state index contributed by atoms with van der Waals surface area (Å²) in [5.74, 6) is 3.77. The highest BCUT2D eigenvalue weighted by molar-refractivity contribution is 5.97. The minimum Gasteiger partial charge on any atom is -0.338 e. The van der Waals surface area contributed by atoms with Gasteiger partial charge in [-0.3, -0.25) is 62.3 Å². The molecule has 0 spiro atoms. The monoisotopic (exact) mass is 1590 g/mol. The number of aryl methyl sites for hydroxylation is 2. The number of amides is 5. The summed E-state index contributed by atoms with van der Waals surface area (Å²) in [6.45, 7) is 34.1. The molecule has 622 valence electrons. The second-order valence-electron chi connectivity index (χ2n) is 34.6. The van der Waals surface area contributed by atoms with E-state index in [-0.39, 0.29) is 29.5 Å². The van der Waals surface area contributed by atoms with Gasteiger partial charge in [0.25, 0.3) is 29.5 Å². The van der Waals surface area contributed by atoms with Gasteiger partial charge in [-0.2, -0.15) is 25.5 Å². The summed E-state index contributed by atoms with van der Waals surface area (Å²) in [5.41, 5.74) is 12.2. The van der Waals surface area contributed by atoms with Crippen LogP contribution in [0.25, 0.3) is 0 Å². The normalized spacial score (nSPS) is 16.0. The van der Waals surface area contributed by atoms with Gasteiger partial charge in [0.2, 0.25) is 0 Å². The van der Waals surface area contributed by atoms with Crippen molar-refractivity contribution in [2.45, 2.75) is 210 Å². The zero-order valence-electron chi connectivity index (χ0n) is 71.4. The molecule has 13 heterocycles. The predicted molar refractivity (Wildman–Crippen MR) is 460 cm³/mol. The Morgan fingerprint density at radius 1 is 0.299 bits per heavy atom. The lowest BCUT2D eigenvalue weighted by Gasteiger charge is -2.32. The number of hydrogen-bond acceptors (Lipinski definition) is 13. The quantitative estimate of drug-likeness (QED) is 0.0692. The van der Waals surface area contributed by atoms with E-state index in [1.165, 1.54) is 27.8 Å². The fraction of sp³-hybridized carbons (Fsp3) is 0.500. The van der Waals surface area contributed by atoms with E-state index in [0.29, 0.717) is 71.1 Å². The molecule has 0 unspecified atom stereocenters. The van der Waals surface area contributed by atoms with Crippen molar-refractivity contribution in [3.8, 4) is 0 Å². The van der Waals surface area contributed by atoms with E-state index in [4.69, 9.17) is 0 Å².